The largest absolute Gasteiger partial charge is 0.359 e. The van der Waals surface area contributed by atoms with Gasteiger partial charge in [0.05, 0.1) is 0 Å². The summed E-state index contributed by atoms with van der Waals surface area (Å²) in [7, 11) is 0. The lowest BCUT2D eigenvalue weighted by molar-refractivity contribution is 0.349. The van der Waals surface area contributed by atoms with E-state index in [1.807, 2.05) is 0 Å². The molecule has 0 amide bonds. The molecule has 0 radical (unpaired) electrons. The highest BCUT2D eigenvalue weighted by molar-refractivity contribution is 5.50. The van der Waals surface area contributed by atoms with Crippen molar-refractivity contribution >= 4 is 5.69 Å². The predicted molar refractivity (Wildman–Crippen MR) is 111 cm³/mol. The third-order valence-electron chi connectivity index (χ3n) is 4.57. The molecule has 0 spiro atoms. The Morgan fingerprint density at radius 2 is 1.52 bits per heavy atom. The molecule has 25 heavy (non-hydrogen) atoms. The molecule has 2 rings (SSSR count). The monoisotopic (exact) mass is 335 g/mol. The van der Waals surface area contributed by atoms with Gasteiger partial charge in [-0.05, 0) is 53.0 Å². The molecular formula is C24H33N. The van der Waals surface area contributed by atoms with Crippen LogP contribution in [0.15, 0.2) is 60.8 Å². The summed E-state index contributed by atoms with van der Waals surface area (Å²) < 4.78 is 0. The molecule has 1 N–H and O–H groups in total. The Balaban J connectivity index is 1.92. The molecule has 1 atom stereocenters. The van der Waals surface area contributed by atoms with Crippen LogP contribution in [0.2, 0.25) is 0 Å². The molecule has 2 aromatic carbocycles. The molecule has 0 heterocycles. The molecule has 0 saturated carbocycles. The van der Waals surface area contributed by atoms with Crippen LogP contribution in [0.5, 0.6) is 0 Å². The van der Waals surface area contributed by atoms with Crippen molar-refractivity contribution in [3.8, 4) is 0 Å². The van der Waals surface area contributed by atoms with Crippen molar-refractivity contribution in [2.24, 2.45) is 5.41 Å². The Hall–Kier alpha value is -2.02. The van der Waals surface area contributed by atoms with E-state index >= 15 is 0 Å². The number of anilines is 1. The lowest BCUT2D eigenvalue weighted by Crippen LogP contribution is -2.10. The number of allylic oxidation sites excluding steroid dienone is 1. The van der Waals surface area contributed by atoms with Gasteiger partial charge >= 0.3 is 0 Å². The van der Waals surface area contributed by atoms with Gasteiger partial charge in [-0.2, -0.15) is 0 Å². The van der Waals surface area contributed by atoms with Crippen molar-refractivity contribution in [2.45, 2.75) is 59.8 Å². The van der Waals surface area contributed by atoms with E-state index in [-0.39, 0.29) is 0 Å². The van der Waals surface area contributed by atoms with Gasteiger partial charge in [-0.25, -0.2) is 0 Å². The highest BCUT2D eigenvalue weighted by Crippen LogP contribution is 2.31. The molecule has 0 aliphatic heterocycles. The molecule has 0 bridgehead atoms. The molecule has 0 fully saturated rings. The van der Waals surface area contributed by atoms with Crippen LogP contribution in [-0.4, -0.2) is 0 Å². The minimum Gasteiger partial charge on any atom is -0.359 e. The van der Waals surface area contributed by atoms with Gasteiger partial charge < -0.3 is 5.32 Å². The third-order valence-corrected chi connectivity index (χ3v) is 4.57. The van der Waals surface area contributed by atoms with Gasteiger partial charge in [0, 0.05) is 17.8 Å². The molecule has 1 nitrogen and oxygen atoms in total. The summed E-state index contributed by atoms with van der Waals surface area (Å²) in [5.41, 5.74) is 6.58. The molecular weight excluding hydrogens is 302 g/mol. The molecule has 1 heteroatoms. The van der Waals surface area contributed by atoms with Gasteiger partial charge in [0.25, 0.3) is 0 Å². The summed E-state index contributed by atoms with van der Waals surface area (Å²) in [5.74, 6) is 0.578. The van der Waals surface area contributed by atoms with Crippen molar-refractivity contribution in [1.29, 1.82) is 0 Å². The normalized spacial score (nSPS) is 12.7. The van der Waals surface area contributed by atoms with Gasteiger partial charge in [0.1, 0.15) is 0 Å². The van der Waals surface area contributed by atoms with Crippen molar-refractivity contribution in [3.05, 3.63) is 77.5 Å². The molecule has 0 aromatic heterocycles. The lowest BCUT2D eigenvalue weighted by atomic mass is 9.82. The first kappa shape index (κ1) is 19.3. The first-order valence-corrected chi connectivity index (χ1v) is 9.39. The molecule has 0 saturated heterocycles. The Kier molecular flexibility index (Phi) is 6.47. The van der Waals surface area contributed by atoms with E-state index in [9.17, 15) is 0 Å². The number of aryl methyl sites for hydroxylation is 1. The highest BCUT2D eigenvalue weighted by Gasteiger charge is 2.16. The zero-order valence-electron chi connectivity index (χ0n) is 16.5. The van der Waals surface area contributed by atoms with Gasteiger partial charge in [0.15, 0.2) is 0 Å². The SMILES string of the molecule is C=C(Cc1ccc(CC)cc1)Nc1ccc(C(C)CC(C)(C)C)cc1. The lowest BCUT2D eigenvalue weighted by Gasteiger charge is -2.23. The van der Waals surface area contributed by atoms with Crippen LogP contribution < -0.4 is 5.32 Å². The van der Waals surface area contributed by atoms with Crippen molar-refractivity contribution in [2.75, 3.05) is 5.32 Å². The fourth-order valence-electron chi connectivity index (χ4n) is 3.32. The predicted octanol–water partition coefficient (Wildman–Crippen LogP) is 6.96. The summed E-state index contributed by atoms with van der Waals surface area (Å²) >= 11 is 0. The van der Waals surface area contributed by atoms with Gasteiger partial charge in [-0.3, -0.25) is 0 Å². The first-order chi connectivity index (χ1) is 11.8. The Morgan fingerprint density at radius 1 is 0.960 bits per heavy atom. The number of benzene rings is 2. The zero-order chi connectivity index (χ0) is 18.4. The van der Waals surface area contributed by atoms with Crippen LogP contribution in [0.25, 0.3) is 0 Å². The Morgan fingerprint density at radius 3 is 2.04 bits per heavy atom. The highest BCUT2D eigenvalue weighted by atomic mass is 14.9. The second-order valence-electron chi connectivity index (χ2n) is 8.36. The number of hydrogen-bond acceptors (Lipinski definition) is 1. The van der Waals surface area contributed by atoms with Crippen molar-refractivity contribution in [1.82, 2.24) is 0 Å². The zero-order valence-corrected chi connectivity index (χ0v) is 16.5. The second-order valence-corrected chi connectivity index (χ2v) is 8.36. The van der Waals surface area contributed by atoms with Gasteiger partial charge in [-0.15, -0.1) is 0 Å². The molecule has 0 aliphatic carbocycles. The smallest absolute Gasteiger partial charge is 0.0381 e. The maximum absolute atomic E-state index is 4.18. The fraction of sp³-hybridized carbons (Fsp3) is 0.417. The summed E-state index contributed by atoms with van der Waals surface area (Å²) in [4.78, 5) is 0. The topological polar surface area (TPSA) is 12.0 Å². The van der Waals surface area contributed by atoms with Crippen LogP contribution >= 0.6 is 0 Å². The minimum absolute atomic E-state index is 0.359. The van der Waals surface area contributed by atoms with E-state index in [0.717, 1.165) is 24.2 Å². The summed E-state index contributed by atoms with van der Waals surface area (Å²) in [6.45, 7) is 15.6. The molecule has 1 unspecified atom stereocenters. The average Bonchev–Trinajstić information content (AvgIpc) is 2.54. The van der Waals surface area contributed by atoms with Gasteiger partial charge in [-0.1, -0.05) is 77.6 Å². The summed E-state index contributed by atoms with van der Waals surface area (Å²) in [5, 5.41) is 3.44. The molecule has 2 aromatic rings. The maximum atomic E-state index is 4.18. The molecule has 134 valence electrons. The van der Waals surface area contributed by atoms with E-state index < -0.39 is 0 Å². The Bertz CT molecular complexity index is 672. The van der Waals surface area contributed by atoms with Crippen LogP contribution in [-0.2, 0) is 12.8 Å². The van der Waals surface area contributed by atoms with Gasteiger partial charge in [0.2, 0.25) is 0 Å². The Labute approximate surface area is 154 Å². The van der Waals surface area contributed by atoms with Crippen LogP contribution in [0.1, 0.15) is 63.6 Å². The van der Waals surface area contributed by atoms with Crippen LogP contribution in [0, 0.1) is 5.41 Å². The van der Waals surface area contributed by atoms with Crippen molar-refractivity contribution in [3.63, 3.8) is 0 Å². The maximum Gasteiger partial charge on any atom is 0.0381 e. The second kappa shape index (κ2) is 8.38. The first-order valence-electron chi connectivity index (χ1n) is 9.39. The average molecular weight is 336 g/mol. The van der Waals surface area contributed by atoms with Crippen LogP contribution in [0.3, 0.4) is 0 Å². The standard InChI is InChI=1S/C24H33N/c1-7-20-8-10-21(11-9-20)16-19(3)25-23-14-12-22(13-15-23)18(2)17-24(4,5)6/h8-15,18,25H,3,7,16-17H2,1-2,4-6H3. The summed E-state index contributed by atoms with van der Waals surface area (Å²) in [6, 6.07) is 17.6. The summed E-state index contributed by atoms with van der Waals surface area (Å²) in [6.07, 6.45) is 3.13. The third kappa shape index (κ3) is 6.42. The van der Waals surface area contributed by atoms with E-state index in [1.54, 1.807) is 0 Å². The van der Waals surface area contributed by atoms with E-state index in [4.69, 9.17) is 0 Å². The van der Waals surface area contributed by atoms with E-state index in [1.165, 1.54) is 23.1 Å². The van der Waals surface area contributed by atoms with E-state index in [2.05, 4.69) is 95.0 Å². The molecule has 0 aliphatic rings. The van der Waals surface area contributed by atoms with Crippen LogP contribution in [0.4, 0.5) is 5.69 Å². The van der Waals surface area contributed by atoms with Crippen molar-refractivity contribution < 1.29 is 0 Å². The number of nitrogens with one attached hydrogen (secondary N) is 1. The van der Waals surface area contributed by atoms with E-state index in [0.29, 0.717) is 11.3 Å². The number of rotatable bonds is 7. The quantitative estimate of drug-likeness (QED) is 0.577. The minimum atomic E-state index is 0.359. The fourth-order valence-corrected chi connectivity index (χ4v) is 3.32. The number of hydrogen-bond donors (Lipinski definition) is 1.